The lowest BCUT2D eigenvalue weighted by atomic mass is 10.3. The van der Waals surface area contributed by atoms with Crippen LogP contribution in [0.4, 0.5) is 0 Å². The van der Waals surface area contributed by atoms with Crippen molar-refractivity contribution in [2.45, 2.75) is 52.1 Å². The Labute approximate surface area is 91.3 Å². The molecule has 0 rings (SSSR count). The molecule has 5 nitrogen and oxygen atoms in total. The molecule has 0 saturated carbocycles. The van der Waals surface area contributed by atoms with E-state index in [1.54, 1.807) is 13.8 Å². The lowest BCUT2D eigenvalue weighted by Gasteiger charge is -2.13. The van der Waals surface area contributed by atoms with Crippen molar-refractivity contribution in [2.24, 2.45) is 0 Å². The fourth-order valence-electron chi connectivity index (χ4n) is 0.597. The van der Waals surface area contributed by atoms with E-state index in [1.807, 2.05) is 0 Å². The van der Waals surface area contributed by atoms with Crippen LogP contribution in [0.25, 0.3) is 0 Å². The van der Waals surface area contributed by atoms with Crippen molar-refractivity contribution in [1.82, 2.24) is 0 Å². The van der Waals surface area contributed by atoms with Gasteiger partial charge in [-0.15, -0.1) is 0 Å². The smallest absolute Gasteiger partial charge is 0.157 e. The standard InChI is InChI=1S/C6H14O3.C4H10O2/c1-3-5(7)9-6(8)4-2;5-3-1-2-4-6/h5-8H,3-4H2,1-2H3;5-6H,1-4H2. The van der Waals surface area contributed by atoms with Gasteiger partial charge in [-0.2, -0.15) is 0 Å². The third-order valence-electron chi connectivity index (χ3n) is 1.58. The molecule has 2 unspecified atom stereocenters. The molecule has 94 valence electrons. The second-order valence-electron chi connectivity index (χ2n) is 3.02. The summed E-state index contributed by atoms with van der Waals surface area (Å²) in [6.07, 6.45) is 0.820. The Morgan fingerprint density at radius 2 is 1.20 bits per heavy atom. The number of hydrogen-bond acceptors (Lipinski definition) is 5. The highest BCUT2D eigenvalue weighted by Crippen LogP contribution is 1.99. The molecule has 2 atom stereocenters. The second kappa shape index (κ2) is 13.8. The molecule has 0 heterocycles. The van der Waals surface area contributed by atoms with Crippen molar-refractivity contribution in [1.29, 1.82) is 0 Å². The van der Waals surface area contributed by atoms with Gasteiger partial charge in [0.1, 0.15) is 0 Å². The molecule has 0 fully saturated rings. The number of aliphatic hydroxyl groups is 4. The van der Waals surface area contributed by atoms with Gasteiger partial charge in [0.15, 0.2) is 12.6 Å². The van der Waals surface area contributed by atoms with E-state index in [-0.39, 0.29) is 13.2 Å². The molecule has 4 N–H and O–H groups in total. The summed E-state index contributed by atoms with van der Waals surface area (Å²) >= 11 is 0. The summed E-state index contributed by atoms with van der Waals surface area (Å²) in [4.78, 5) is 0. The molecule has 0 bridgehead atoms. The van der Waals surface area contributed by atoms with Gasteiger partial charge in [-0.25, -0.2) is 0 Å². The van der Waals surface area contributed by atoms with Crippen molar-refractivity contribution in [3.63, 3.8) is 0 Å². The van der Waals surface area contributed by atoms with Crippen molar-refractivity contribution in [3.05, 3.63) is 0 Å². The van der Waals surface area contributed by atoms with E-state index in [4.69, 9.17) is 20.4 Å². The summed E-state index contributed by atoms with van der Waals surface area (Å²) in [5.41, 5.74) is 0. The maximum atomic E-state index is 8.78. The van der Waals surface area contributed by atoms with E-state index in [0.29, 0.717) is 12.8 Å². The first-order chi connectivity index (χ1) is 7.12. The molecule has 0 saturated heterocycles. The Morgan fingerprint density at radius 3 is 1.40 bits per heavy atom. The largest absolute Gasteiger partial charge is 0.396 e. The van der Waals surface area contributed by atoms with Crippen LogP contribution in [0.5, 0.6) is 0 Å². The molecule has 0 aliphatic carbocycles. The SMILES string of the molecule is CCC(O)OC(O)CC.OCCCCO. The van der Waals surface area contributed by atoms with E-state index in [2.05, 4.69) is 4.74 Å². The van der Waals surface area contributed by atoms with Crippen LogP contribution in [0.15, 0.2) is 0 Å². The molecule has 0 aliphatic rings. The molecule has 0 spiro atoms. The minimum Gasteiger partial charge on any atom is -0.396 e. The normalized spacial score (nSPS) is 14.0. The summed E-state index contributed by atoms with van der Waals surface area (Å²) in [5, 5.41) is 33.7. The highest BCUT2D eigenvalue weighted by Gasteiger charge is 2.05. The van der Waals surface area contributed by atoms with Crippen LogP contribution < -0.4 is 0 Å². The first-order valence-electron chi connectivity index (χ1n) is 5.35. The zero-order valence-corrected chi connectivity index (χ0v) is 9.59. The first-order valence-corrected chi connectivity index (χ1v) is 5.35. The predicted molar refractivity (Wildman–Crippen MR) is 57.1 cm³/mol. The monoisotopic (exact) mass is 224 g/mol. The van der Waals surface area contributed by atoms with Crippen LogP contribution in [0.3, 0.4) is 0 Å². The Balaban J connectivity index is 0. The van der Waals surface area contributed by atoms with Crippen molar-refractivity contribution < 1.29 is 25.2 Å². The van der Waals surface area contributed by atoms with Gasteiger partial charge in [0.2, 0.25) is 0 Å². The molecule has 0 radical (unpaired) electrons. The zero-order chi connectivity index (χ0) is 12.1. The van der Waals surface area contributed by atoms with Crippen molar-refractivity contribution >= 4 is 0 Å². The van der Waals surface area contributed by atoms with Gasteiger partial charge in [-0.3, -0.25) is 0 Å². The molecule has 0 amide bonds. The van der Waals surface area contributed by atoms with E-state index in [1.165, 1.54) is 0 Å². The molecule has 5 heteroatoms. The summed E-state index contributed by atoms with van der Waals surface area (Å²) in [7, 11) is 0. The van der Waals surface area contributed by atoms with E-state index < -0.39 is 12.6 Å². The van der Waals surface area contributed by atoms with Gasteiger partial charge in [0.05, 0.1) is 0 Å². The van der Waals surface area contributed by atoms with Gasteiger partial charge in [0.25, 0.3) is 0 Å². The summed E-state index contributed by atoms with van der Waals surface area (Å²) in [6.45, 7) is 3.96. The first kappa shape index (κ1) is 17.2. The van der Waals surface area contributed by atoms with Crippen LogP contribution in [0.1, 0.15) is 39.5 Å². The molecule has 0 aromatic heterocycles. The minimum absolute atomic E-state index is 0.195. The van der Waals surface area contributed by atoms with Crippen molar-refractivity contribution in [2.75, 3.05) is 13.2 Å². The zero-order valence-electron chi connectivity index (χ0n) is 9.59. The van der Waals surface area contributed by atoms with E-state index >= 15 is 0 Å². The van der Waals surface area contributed by atoms with Gasteiger partial charge >= 0.3 is 0 Å². The Bertz CT molecular complexity index is 98.0. The van der Waals surface area contributed by atoms with Gasteiger partial charge in [-0.05, 0) is 25.7 Å². The lowest BCUT2D eigenvalue weighted by Crippen LogP contribution is -2.19. The summed E-state index contributed by atoms with van der Waals surface area (Å²) < 4.78 is 4.66. The number of hydrogen-bond donors (Lipinski definition) is 4. The number of unbranched alkanes of at least 4 members (excludes halogenated alkanes) is 1. The van der Waals surface area contributed by atoms with Crippen LogP contribution >= 0.6 is 0 Å². The fourth-order valence-corrected chi connectivity index (χ4v) is 0.597. The summed E-state index contributed by atoms with van der Waals surface area (Å²) in [6, 6.07) is 0. The van der Waals surface area contributed by atoms with Crippen LogP contribution in [0.2, 0.25) is 0 Å². The van der Waals surface area contributed by atoms with Gasteiger partial charge in [0, 0.05) is 13.2 Å². The third kappa shape index (κ3) is 16.5. The van der Waals surface area contributed by atoms with Crippen LogP contribution in [0, 0.1) is 0 Å². The molecule has 15 heavy (non-hydrogen) atoms. The van der Waals surface area contributed by atoms with Crippen LogP contribution in [-0.4, -0.2) is 46.2 Å². The van der Waals surface area contributed by atoms with Crippen molar-refractivity contribution in [3.8, 4) is 0 Å². The lowest BCUT2D eigenvalue weighted by molar-refractivity contribution is -0.208. The number of rotatable bonds is 7. The van der Waals surface area contributed by atoms with E-state index in [0.717, 1.165) is 12.8 Å². The highest BCUT2D eigenvalue weighted by molar-refractivity contribution is 4.38. The Morgan fingerprint density at radius 1 is 0.867 bits per heavy atom. The number of aliphatic hydroxyl groups excluding tert-OH is 4. The van der Waals surface area contributed by atoms with E-state index in [9.17, 15) is 0 Å². The number of ether oxygens (including phenoxy) is 1. The average Bonchev–Trinajstić information content (AvgIpc) is 2.26. The Kier molecular flexibility index (Phi) is 15.8. The second-order valence-corrected chi connectivity index (χ2v) is 3.02. The quantitative estimate of drug-likeness (QED) is 0.367. The predicted octanol–water partition coefficient (Wildman–Crippen LogP) is 0.211. The average molecular weight is 224 g/mol. The molecular weight excluding hydrogens is 200 g/mol. The maximum absolute atomic E-state index is 8.78. The highest BCUT2D eigenvalue weighted by atomic mass is 16.7. The Hall–Kier alpha value is -0.200. The topological polar surface area (TPSA) is 90.2 Å². The van der Waals surface area contributed by atoms with Gasteiger partial charge in [-0.1, -0.05) is 13.8 Å². The van der Waals surface area contributed by atoms with Crippen LogP contribution in [-0.2, 0) is 4.74 Å². The summed E-state index contributed by atoms with van der Waals surface area (Å²) in [5.74, 6) is 0. The third-order valence-corrected chi connectivity index (χ3v) is 1.58. The molecule has 0 aliphatic heterocycles. The van der Waals surface area contributed by atoms with Gasteiger partial charge < -0.3 is 25.2 Å². The maximum Gasteiger partial charge on any atom is 0.157 e. The fraction of sp³-hybridized carbons (Fsp3) is 1.00. The molecule has 0 aromatic rings. The minimum atomic E-state index is -0.819. The molecular formula is C10H24O5. The molecule has 0 aromatic carbocycles.